The SMILES string of the molecule is O=C1C(SCc2ccco2)=C(c2ccc(Cl)cc2)C(=O)N1CCc1ccc(Cl)cc1. The Bertz CT molecular complexity index is 1090. The fourth-order valence-corrected chi connectivity index (χ4v) is 4.48. The van der Waals surface area contributed by atoms with Crippen LogP contribution in [0.2, 0.25) is 10.0 Å². The van der Waals surface area contributed by atoms with E-state index in [0.717, 1.165) is 11.3 Å². The Kier molecular flexibility index (Phi) is 6.32. The molecule has 7 heteroatoms. The molecular weight excluding hydrogens is 441 g/mol. The molecule has 152 valence electrons. The lowest BCUT2D eigenvalue weighted by molar-refractivity contribution is -0.136. The predicted molar refractivity (Wildman–Crippen MR) is 120 cm³/mol. The zero-order valence-electron chi connectivity index (χ0n) is 15.8. The third-order valence-corrected chi connectivity index (χ3v) is 6.33. The van der Waals surface area contributed by atoms with Gasteiger partial charge < -0.3 is 4.42 Å². The second-order valence-electron chi connectivity index (χ2n) is 6.72. The number of carbonyl (C=O) groups excluding carboxylic acids is 2. The molecule has 3 aromatic rings. The van der Waals surface area contributed by atoms with Gasteiger partial charge in [-0.1, -0.05) is 47.5 Å². The highest BCUT2D eigenvalue weighted by Crippen LogP contribution is 2.38. The maximum atomic E-state index is 13.2. The number of carbonyl (C=O) groups is 2. The third kappa shape index (κ3) is 4.48. The number of hydrogen-bond donors (Lipinski definition) is 0. The van der Waals surface area contributed by atoms with Crippen LogP contribution in [-0.2, 0) is 21.8 Å². The van der Waals surface area contributed by atoms with Gasteiger partial charge in [0, 0.05) is 16.6 Å². The minimum absolute atomic E-state index is 0.282. The van der Waals surface area contributed by atoms with Crippen LogP contribution in [0.3, 0.4) is 0 Å². The molecule has 2 amide bonds. The number of nitrogens with zero attached hydrogens (tertiary/aromatic N) is 1. The Labute approximate surface area is 188 Å². The van der Waals surface area contributed by atoms with Crippen LogP contribution >= 0.6 is 35.0 Å². The fraction of sp³-hybridized carbons (Fsp3) is 0.130. The maximum absolute atomic E-state index is 13.2. The second kappa shape index (κ2) is 9.13. The Morgan fingerprint density at radius 3 is 2.17 bits per heavy atom. The average Bonchev–Trinajstić information content (AvgIpc) is 3.34. The van der Waals surface area contributed by atoms with Gasteiger partial charge in [0.05, 0.1) is 22.5 Å². The van der Waals surface area contributed by atoms with E-state index in [4.69, 9.17) is 27.6 Å². The van der Waals surface area contributed by atoms with Crippen LogP contribution < -0.4 is 0 Å². The van der Waals surface area contributed by atoms with Gasteiger partial charge in [-0.25, -0.2) is 0 Å². The van der Waals surface area contributed by atoms with E-state index in [9.17, 15) is 9.59 Å². The van der Waals surface area contributed by atoms with Crippen molar-refractivity contribution in [2.24, 2.45) is 0 Å². The van der Waals surface area contributed by atoms with Crippen LogP contribution in [0.5, 0.6) is 0 Å². The summed E-state index contributed by atoms with van der Waals surface area (Å²) >= 11 is 13.2. The Hall–Kier alpha value is -2.47. The largest absolute Gasteiger partial charge is 0.468 e. The van der Waals surface area contributed by atoms with Crippen LogP contribution in [0.1, 0.15) is 16.9 Å². The number of furan rings is 1. The maximum Gasteiger partial charge on any atom is 0.268 e. The topological polar surface area (TPSA) is 50.5 Å². The molecule has 0 saturated carbocycles. The molecule has 0 N–H and O–H groups in total. The van der Waals surface area contributed by atoms with Gasteiger partial charge in [0.1, 0.15) is 5.76 Å². The van der Waals surface area contributed by atoms with Gasteiger partial charge in [-0.15, -0.1) is 11.8 Å². The lowest BCUT2D eigenvalue weighted by Crippen LogP contribution is -2.33. The Morgan fingerprint density at radius 2 is 1.53 bits per heavy atom. The number of benzene rings is 2. The lowest BCUT2D eigenvalue weighted by atomic mass is 10.1. The molecule has 1 aliphatic rings. The lowest BCUT2D eigenvalue weighted by Gasteiger charge is -2.15. The predicted octanol–water partition coefficient (Wildman–Crippen LogP) is 5.84. The zero-order valence-corrected chi connectivity index (χ0v) is 18.1. The fourth-order valence-electron chi connectivity index (χ4n) is 3.19. The summed E-state index contributed by atoms with van der Waals surface area (Å²) in [5.41, 5.74) is 2.09. The highest BCUT2D eigenvalue weighted by Gasteiger charge is 2.38. The van der Waals surface area contributed by atoms with E-state index in [1.807, 2.05) is 18.2 Å². The van der Waals surface area contributed by atoms with Gasteiger partial charge in [0.15, 0.2) is 0 Å². The highest BCUT2D eigenvalue weighted by molar-refractivity contribution is 8.03. The molecule has 30 heavy (non-hydrogen) atoms. The van der Waals surface area contributed by atoms with Crippen LogP contribution in [-0.4, -0.2) is 23.3 Å². The summed E-state index contributed by atoms with van der Waals surface area (Å²) in [5, 5.41) is 1.22. The monoisotopic (exact) mass is 457 g/mol. The smallest absolute Gasteiger partial charge is 0.268 e. The molecule has 0 saturated heterocycles. The van der Waals surface area contributed by atoms with E-state index in [0.29, 0.717) is 44.8 Å². The third-order valence-electron chi connectivity index (χ3n) is 4.73. The summed E-state index contributed by atoms with van der Waals surface area (Å²) in [5.74, 6) is 0.625. The first-order valence-electron chi connectivity index (χ1n) is 9.29. The second-order valence-corrected chi connectivity index (χ2v) is 8.58. The van der Waals surface area contributed by atoms with Crippen LogP contribution in [0.25, 0.3) is 5.57 Å². The van der Waals surface area contributed by atoms with E-state index < -0.39 is 0 Å². The van der Waals surface area contributed by atoms with E-state index in [-0.39, 0.29) is 11.8 Å². The summed E-state index contributed by atoms with van der Waals surface area (Å²) in [4.78, 5) is 28.1. The van der Waals surface area contributed by atoms with Crippen LogP contribution in [0.15, 0.2) is 76.2 Å². The van der Waals surface area contributed by atoms with E-state index in [1.54, 1.807) is 48.7 Å². The molecule has 0 atom stereocenters. The molecule has 0 bridgehead atoms. The quantitative estimate of drug-likeness (QED) is 0.418. The minimum atomic E-state index is -0.293. The number of halogens is 2. The van der Waals surface area contributed by atoms with Crippen molar-refractivity contribution in [3.63, 3.8) is 0 Å². The van der Waals surface area contributed by atoms with Gasteiger partial charge in [-0.3, -0.25) is 14.5 Å². The van der Waals surface area contributed by atoms with Crippen molar-refractivity contribution < 1.29 is 14.0 Å². The van der Waals surface area contributed by atoms with Crippen molar-refractivity contribution in [1.29, 1.82) is 0 Å². The highest BCUT2D eigenvalue weighted by atomic mass is 35.5. The van der Waals surface area contributed by atoms with Gasteiger partial charge in [-0.2, -0.15) is 0 Å². The molecule has 1 aliphatic heterocycles. The average molecular weight is 458 g/mol. The molecule has 4 rings (SSSR count). The minimum Gasteiger partial charge on any atom is -0.468 e. The van der Waals surface area contributed by atoms with Gasteiger partial charge in [0.25, 0.3) is 11.8 Å². The molecule has 4 nitrogen and oxygen atoms in total. The van der Waals surface area contributed by atoms with Crippen LogP contribution in [0, 0.1) is 0 Å². The Morgan fingerprint density at radius 1 is 0.867 bits per heavy atom. The molecule has 0 unspecified atom stereocenters. The van der Waals surface area contributed by atoms with Crippen LogP contribution in [0.4, 0.5) is 0 Å². The zero-order chi connectivity index (χ0) is 21.1. The van der Waals surface area contributed by atoms with Crippen molar-refractivity contribution in [3.05, 3.63) is 98.8 Å². The number of imide groups is 1. The first kappa shape index (κ1) is 20.8. The molecule has 0 spiro atoms. The van der Waals surface area contributed by atoms with E-state index in [1.165, 1.54) is 16.7 Å². The summed E-state index contributed by atoms with van der Waals surface area (Å²) in [6.45, 7) is 0.293. The molecule has 2 aromatic carbocycles. The van der Waals surface area contributed by atoms with E-state index >= 15 is 0 Å². The molecule has 0 radical (unpaired) electrons. The summed E-state index contributed by atoms with van der Waals surface area (Å²) in [6, 6.07) is 18.0. The van der Waals surface area contributed by atoms with Crippen molar-refractivity contribution >= 4 is 52.4 Å². The standard InChI is InChI=1S/C23H17Cl2NO3S/c24-17-7-3-15(4-8-17)11-12-26-22(27)20(16-5-9-18(25)10-6-16)21(23(26)28)30-14-19-2-1-13-29-19/h1-10,13H,11-12,14H2. The van der Waals surface area contributed by atoms with Crippen molar-refractivity contribution in [2.75, 3.05) is 6.54 Å². The van der Waals surface area contributed by atoms with E-state index in [2.05, 4.69) is 0 Å². The first-order chi connectivity index (χ1) is 14.5. The summed E-state index contributed by atoms with van der Waals surface area (Å²) < 4.78 is 5.37. The van der Waals surface area contributed by atoms with Gasteiger partial charge in [0.2, 0.25) is 0 Å². The number of amides is 2. The molecule has 0 aliphatic carbocycles. The van der Waals surface area contributed by atoms with Gasteiger partial charge >= 0.3 is 0 Å². The number of rotatable bonds is 7. The molecular formula is C23H17Cl2NO3S. The first-order valence-corrected chi connectivity index (χ1v) is 11.0. The van der Waals surface area contributed by atoms with Crippen molar-refractivity contribution in [3.8, 4) is 0 Å². The Balaban J connectivity index is 1.59. The van der Waals surface area contributed by atoms with Gasteiger partial charge in [-0.05, 0) is 53.9 Å². The normalized spacial score (nSPS) is 14.1. The van der Waals surface area contributed by atoms with Crippen molar-refractivity contribution in [1.82, 2.24) is 4.90 Å². The summed E-state index contributed by atoms with van der Waals surface area (Å²) in [7, 11) is 0. The number of hydrogen-bond acceptors (Lipinski definition) is 4. The molecule has 1 aromatic heterocycles. The summed E-state index contributed by atoms with van der Waals surface area (Å²) in [6.07, 6.45) is 2.14. The van der Waals surface area contributed by atoms with Crippen molar-refractivity contribution in [2.45, 2.75) is 12.2 Å². The number of thioether (sulfide) groups is 1. The molecule has 2 heterocycles. The molecule has 0 fully saturated rings.